The molecule has 1 aliphatic heterocycles. The zero-order chi connectivity index (χ0) is 21.8. The second kappa shape index (κ2) is 9.58. The molecule has 0 atom stereocenters. The van der Waals surface area contributed by atoms with Crippen LogP contribution in [0.4, 0.5) is 0 Å². The highest BCUT2D eigenvalue weighted by atomic mass is 32.1. The lowest BCUT2D eigenvalue weighted by Crippen LogP contribution is -2.38. The third kappa shape index (κ3) is 4.94. The second-order valence-electron chi connectivity index (χ2n) is 8.27. The maximum atomic E-state index is 12.5. The summed E-state index contributed by atoms with van der Waals surface area (Å²) in [7, 11) is 0. The van der Waals surface area contributed by atoms with Crippen molar-refractivity contribution in [2.75, 3.05) is 19.6 Å². The maximum absolute atomic E-state index is 12.5. The van der Waals surface area contributed by atoms with E-state index in [9.17, 15) is 10.1 Å². The minimum atomic E-state index is 0.0816. The maximum Gasteiger partial charge on any atom is 0.220 e. The Bertz CT molecular complexity index is 1090. The lowest BCUT2D eigenvalue weighted by atomic mass is 9.96. The van der Waals surface area contributed by atoms with Crippen LogP contribution in [-0.4, -0.2) is 45.0 Å². The van der Waals surface area contributed by atoms with Crippen molar-refractivity contribution in [1.29, 1.82) is 5.26 Å². The molecular formula is C23H28N6OS. The van der Waals surface area contributed by atoms with Crippen LogP contribution in [0.15, 0.2) is 23.7 Å². The molecule has 0 saturated carbocycles. The molecule has 4 rings (SSSR count). The van der Waals surface area contributed by atoms with Gasteiger partial charge in [0.15, 0.2) is 5.65 Å². The van der Waals surface area contributed by atoms with Gasteiger partial charge in [-0.15, -0.1) is 11.3 Å². The summed E-state index contributed by atoms with van der Waals surface area (Å²) in [5.41, 5.74) is 3.87. The number of aromatic nitrogens is 3. The first-order chi connectivity index (χ1) is 15.0. The highest BCUT2D eigenvalue weighted by molar-refractivity contribution is 7.09. The van der Waals surface area contributed by atoms with Gasteiger partial charge in [-0.25, -0.2) is 9.50 Å². The zero-order valence-electron chi connectivity index (χ0n) is 18.1. The van der Waals surface area contributed by atoms with Crippen LogP contribution in [0.3, 0.4) is 0 Å². The average Bonchev–Trinajstić information content (AvgIpc) is 3.42. The van der Waals surface area contributed by atoms with Crippen LogP contribution in [0.5, 0.6) is 0 Å². The average molecular weight is 437 g/mol. The van der Waals surface area contributed by atoms with Crippen LogP contribution < -0.4 is 5.32 Å². The van der Waals surface area contributed by atoms with Gasteiger partial charge < -0.3 is 5.32 Å². The molecule has 1 amide bonds. The molecule has 1 N–H and O–H groups in total. The van der Waals surface area contributed by atoms with E-state index in [-0.39, 0.29) is 5.91 Å². The third-order valence-electron chi connectivity index (χ3n) is 6.19. The van der Waals surface area contributed by atoms with Crippen LogP contribution in [0.2, 0.25) is 0 Å². The Balaban J connectivity index is 1.24. The topological polar surface area (TPSA) is 86.3 Å². The first kappa shape index (κ1) is 21.5. The quantitative estimate of drug-likeness (QED) is 0.614. The number of piperidine rings is 1. The van der Waals surface area contributed by atoms with Crippen LogP contribution in [0, 0.1) is 31.1 Å². The Hall–Kier alpha value is -2.76. The first-order valence-corrected chi connectivity index (χ1v) is 11.7. The second-order valence-corrected chi connectivity index (χ2v) is 9.30. The van der Waals surface area contributed by atoms with Crippen molar-refractivity contribution >= 4 is 22.9 Å². The number of nitrogens with zero attached hydrogens (tertiary/aromatic N) is 5. The number of aryl methyl sites for hydroxylation is 2. The van der Waals surface area contributed by atoms with Gasteiger partial charge in [0, 0.05) is 35.8 Å². The van der Waals surface area contributed by atoms with Gasteiger partial charge >= 0.3 is 0 Å². The minimum Gasteiger partial charge on any atom is -0.356 e. The summed E-state index contributed by atoms with van der Waals surface area (Å²) < 4.78 is 1.70. The fraction of sp³-hybridized carbons (Fsp3) is 0.478. The van der Waals surface area contributed by atoms with Crippen molar-refractivity contribution in [2.24, 2.45) is 5.92 Å². The molecule has 1 saturated heterocycles. The van der Waals surface area contributed by atoms with Gasteiger partial charge in [0.05, 0.1) is 6.20 Å². The van der Waals surface area contributed by atoms with E-state index in [4.69, 9.17) is 0 Å². The first-order valence-electron chi connectivity index (χ1n) is 10.8. The van der Waals surface area contributed by atoms with E-state index in [0.29, 0.717) is 30.0 Å². The van der Waals surface area contributed by atoms with Crippen LogP contribution >= 0.6 is 11.3 Å². The molecule has 0 aliphatic carbocycles. The highest BCUT2D eigenvalue weighted by Crippen LogP contribution is 2.21. The number of carbonyl (C=O) groups is 1. The molecule has 0 spiro atoms. The number of likely N-dealkylation sites (tertiary alicyclic amines) is 1. The van der Waals surface area contributed by atoms with Gasteiger partial charge in [-0.2, -0.15) is 10.4 Å². The fourth-order valence-electron chi connectivity index (χ4n) is 4.31. The van der Waals surface area contributed by atoms with Crippen molar-refractivity contribution in [2.45, 2.75) is 46.1 Å². The molecule has 4 heterocycles. The number of rotatable bonds is 7. The summed E-state index contributed by atoms with van der Waals surface area (Å²) in [5.74, 6) is 0.636. The van der Waals surface area contributed by atoms with Crippen LogP contribution in [0.25, 0.3) is 5.65 Å². The Morgan fingerprint density at radius 1 is 1.35 bits per heavy atom. The van der Waals surface area contributed by atoms with Crippen molar-refractivity contribution in [3.63, 3.8) is 0 Å². The molecule has 3 aromatic heterocycles. The van der Waals surface area contributed by atoms with E-state index < -0.39 is 0 Å². The van der Waals surface area contributed by atoms with Crippen LogP contribution in [0.1, 0.15) is 46.7 Å². The molecular weight excluding hydrogens is 408 g/mol. The van der Waals surface area contributed by atoms with Gasteiger partial charge in [-0.3, -0.25) is 9.69 Å². The lowest BCUT2D eigenvalue weighted by Gasteiger charge is -2.31. The van der Waals surface area contributed by atoms with Gasteiger partial charge in [-0.05, 0) is 69.1 Å². The number of thiophene rings is 1. The van der Waals surface area contributed by atoms with E-state index in [1.54, 1.807) is 4.52 Å². The number of carbonyl (C=O) groups excluding carboxylic acids is 1. The third-order valence-corrected chi connectivity index (χ3v) is 7.05. The van der Waals surface area contributed by atoms with Crippen LogP contribution in [-0.2, 0) is 17.8 Å². The van der Waals surface area contributed by atoms with Gasteiger partial charge in [0.1, 0.15) is 11.6 Å². The number of fused-ring (bicyclic) bond motifs is 1. The molecule has 31 heavy (non-hydrogen) atoms. The van der Waals surface area contributed by atoms with Crippen molar-refractivity contribution < 1.29 is 4.79 Å². The normalized spacial score (nSPS) is 15.3. The number of hydrogen-bond donors (Lipinski definition) is 1. The smallest absolute Gasteiger partial charge is 0.220 e. The highest BCUT2D eigenvalue weighted by Gasteiger charge is 2.20. The predicted molar refractivity (Wildman–Crippen MR) is 121 cm³/mol. The molecule has 8 heteroatoms. The Morgan fingerprint density at radius 2 is 2.16 bits per heavy atom. The summed E-state index contributed by atoms with van der Waals surface area (Å²) >= 11 is 1.82. The lowest BCUT2D eigenvalue weighted by molar-refractivity contribution is -0.121. The van der Waals surface area contributed by atoms with E-state index in [1.807, 2.05) is 25.2 Å². The molecule has 162 valence electrons. The number of amides is 1. The number of nitrogens with one attached hydrogen (secondary N) is 1. The number of hydrogen-bond acceptors (Lipinski definition) is 6. The minimum absolute atomic E-state index is 0.0816. The van der Waals surface area contributed by atoms with E-state index >= 15 is 0 Å². The Labute approximate surface area is 186 Å². The molecule has 3 aromatic rings. The van der Waals surface area contributed by atoms with Crippen molar-refractivity contribution in [1.82, 2.24) is 24.8 Å². The summed E-state index contributed by atoms with van der Waals surface area (Å²) in [5, 5.41) is 18.7. The molecule has 0 unspecified atom stereocenters. The molecule has 1 fully saturated rings. The van der Waals surface area contributed by atoms with Gasteiger partial charge in [-0.1, -0.05) is 6.07 Å². The number of nitriles is 1. The fourth-order valence-corrected chi connectivity index (χ4v) is 5.05. The Kier molecular flexibility index (Phi) is 6.64. The largest absolute Gasteiger partial charge is 0.356 e. The van der Waals surface area contributed by atoms with E-state index in [2.05, 4.69) is 43.9 Å². The monoisotopic (exact) mass is 436 g/mol. The molecule has 0 bridgehead atoms. The predicted octanol–water partition coefficient (Wildman–Crippen LogP) is 3.24. The van der Waals surface area contributed by atoms with E-state index in [1.165, 1.54) is 11.1 Å². The Morgan fingerprint density at radius 3 is 2.87 bits per heavy atom. The standard InChI is InChI=1S/C23H28N6OS/c1-16-21(17(2)29-23(27-16)19(12-24)14-26-29)5-6-22(30)25-13-18-7-9-28(10-8-18)15-20-4-3-11-31-20/h3-4,11,14,18H,5-10,13,15H2,1-2H3,(H,25,30). The van der Waals surface area contributed by atoms with E-state index in [0.717, 1.165) is 56.0 Å². The summed E-state index contributed by atoms with van der Waals surface area (Å²) in [6.07, 6.45) is 4.85. The zero-order valence-corrected chi connectivity index (χ0v) is 18.9. The van der Waals surface area contributed by atoms with Gasteiger partial charge in [0.25, 0.3) is 0 Å². The van der Waals surface area contributed by atoms with Gasteiger partial charge in [0.2, 0.25) is 5.91 Å². The summed E-state index contributed by atoms with van der Waals surface area (Å²) in [6.45, 7) is 7.88. The summed E-state index contributed by atoms with van der Waals surface area (Å²) in [6, 6.07) is 6.43. The molecule has 0 aromatic carbocycles. The molecule has 0 radical (unpaired) electrons. The van der Waals surface area contributed by atoms with Crippen molar-refractivity contribution in [3.8, 4) is 6.07 Å². The molecule has 7 nitrogen and oxygen atoms in total. The SMILES string of the molecule is Cc1nc2c(C#N)cnn2c(C)c1CCC(=O)NCC1CCN(Cc2cccs2)CC1. The van der Waals surface area contributed by atoms with Crippen molar-refractivity contribution in [3.05, 3.63) is 51.1 Å². The summed E-state index contributed by atoms with van der Waals surface area (Å²) in [4.78, 5) is 20.9. The molecule has 1 aliphatic rings.